The number of esters is 1. The number of hydrogen-bond donors (Lipinski definition) is 0. The van der Waals surface area contributed by atoms with Gasteiger partial charge in [0.1, 0.15) is 23.3 Å². The number of ether oxygens (including phenoxy) is 1. The molecule has 1 aromatic heterocycles. The molecule has 9 heteroatoms. The number of nitriles is 1. The molecule has 0 unspecified atom stereocenters. The van der Waals surface area contributed by atoms with E-state index in [1.54, 1.807) is 24.3 Å². The second-order valence-electron chi connectivity index (χ2n) is 9.18. The van der Waals surface area contributed by atoms with Gasteiger partial charge in [-0.2, -0.15) is 5.26 Å². The quantitative estimate of drug-likeness (QED) is 0.0983. The van der Waals surface area contributed by atoms with Gasteiger partial charge in [0.25, 0.3) is 11.8 Å². The van der Waals surface area contributed by atoms with Crippen molar-refractivity contribution in [3.8, 4) is 6.07 Å². The number of nitrogens with zero attached hydrogens (tertiary/aromatic N) is 3. The molecule has 0 radical (unpaired) electrons. The maximum absolute atomic E-state index is 13.3. The fourth-order valence-corrected chi connectivity index (χ4v) is 6.13. The molecule has 202 valence electrons. The minimum Gasteiger partial charge on any atom is -0.464 e. The standard InChI is InChI=1S/C28H38BrN3O4S/c1-5-7-9-11-13-31(14-12-10-8-6-2)28-25(29)18-22(37-28)17-23-20(3)24(19-30)27(35)32(26(23)34)15-16-36-21(4)33/h17-18H,5-16H2,1-4H3/b23-17+. The number of thiophene rings is 1. The van der Waals surface area contributed by atoms with Crippen molar-refractivity contribution >= 4 is 56.1 Å². The van der Waals surface area contributed by atoms with E-state index in [0.29, 0.717) is 11.1 Å². The smallest absolute Gasteiger partial charge is 0.302 e. The molecule has 0 atom stereocenters. The van der Waals surface area contributed by atoms with Crippen LogP contribution in [0.5, 0.6) is 0 Å². The zero-order chi connectivity index (χ0) is 27.4. The van der Waals surface area contributed by atoms with Crippen LogP contribution in [-0.2, 0) is 19.1 Å². The van der Waals surface area contributed by atoms with Crippen LogP contribution in [0, 0.1) is 11.3 Å². The normalized spacial score (nSPS) is 14.9. The first-order valence-electron chi connectivity index (χ1n) is 13.1. The largest absolute Gasteiger partial charge is 0.464 e. The first-order valence-corrected chi connectivity index (χ1v) is 14.7. The Kier molecular flexibility index (Phi) is 13.1. The van der Waals surface area contributed by atoms with Crippen molar-refractivity contribution in [2.75, 3.05) is 31.1 Å². The summed E-state index contributed by atoms with van der Waals surface area (Å²) in [6.07, 6.45) is 11.3. The third kappa shape index (κ3) is 8.82. The molecule has 0 saturated carbocycles. The molecular weight excluding hydrogens is 554 g/mol. The fraction of sp³-hybridized carbons (Fsp3) is 0.571. The van der Waals surface area contributed by atoms with Crippen molar-refractivity contribution < 1.29 is 19.1 Å². The maximum Gasteiger partial charge on any atom is 0.302 e. The Labute approximate surface area is 233 Å². The third-order valence-electron chi connectivity index (χ3n) is 6.27. The Morgan fingerprint density at radius 2 is 1.73 bits per heavy atom. The van der Waals surface area contributed by atoms with E-state index >= 15 is 0 Å². The van der Waals surface area contributed by atoms with Crippen LogP contribution in [0.2, 0.25) is 0 Å². The lowest BCUT2D eigenvalue weighted by molar-refractivity contribution is -0.147. The van der Waals surface area contributed by atoms with Crippen LogP contribution < -0.4 is 4.90 Å². The Morgan fingerprint density at radius 3 is 2.27 bits per heavy atom. The zero-order valence-corrected chi connectivity index (χ0v) is 24.8. The summed E-state index contributed by atoms with van der Waals surface area (Å²) in [7, 11) is 0. The Morgan fingerprint density at radius 1 is 1.11 bits per heavy atom. The Bertz CT molecular complexity index is 1060. The van der Waals surface area contributed by atoms with Gasteiger partial charge in [0, 0.05) is 30.5 Å². The predicted octanol–water partition coefficient (Wildman–Crippen LogP) is 6.63. The second-order valence-corrected chi connectivity index (χ2v) is 11.1. The minimum absolute atomic E-state index is 0.0713. The molecule has 2 rings (SSSR count). The van der Waals surface area contributed by atoms with Crippen molar-refractivity contribution in [1.82, 2.24) is 4.90 Å². The third-order valence-corrected chi connectivity index (χ3v) is 8.28. The van der Waals surface area contributed by atoms with Crippen LogP contribution in [0.15, 0.2) is 27.3 Å². The molecule has 1 aromatic rings. The van der Waals surface area contributed by atoms with E-state index in [-0.39, 0.29) is 18.7 Å². The van der Waals surface area contributed by atoms with Gasteiger partial charge < -0.3 is 9.64 Å². The van der Waals surface area contributed by atoms with Crippen LogP contribution in [0.1, 0.15) is 83.9 Å². The highest BCUT2D eigenvalue weighted by molar-refractivity contribution is 9.10. The summed E-state index contributed by atoms with van der Waals surface area (Å²) < 4.78 is 5.89. The number of carbonyl (C=O) groups excluding carboxylic acids is 3. The molecule has 0 fully saturated rings. The highest BCUT2D eigenvalue weighted by atomic mass is 79.9. The molecule has 0 saturated heterocycles. The molecule has 0 aliphatic carbocycles. The number of rotatable bonds is 15. The maximum atomic E-state index is 13.3. The number of halogens is 1. The van der Waals surface area contributed by atoms with Gasteiger partial charge in [0.05, 0.1) is 11.0 Å². The van der Waals surface area contributed by atoms with Gasteiger partial charge in [-0.3, -0.25) is 19.3 Å². The van der Waals surface area contributed by atoms with Crippen LogP contribution in [0.4, 0.5) is 5.00 Å². The van der Waals surface area contributed by atoms with Crippen LogP contribution in [0.25, 0.3) is 6.08 Å². The summed E-state index contributed by atoms with van der Waals surface area (Å²) in [5, 5.41) is 10.7. The molecule has 0 aromatic carbocycles. The van der Waals surface area contributed by atoms with E-state index in [1.807, 2.05) is 12.1 Å². The SMILES string of the molecule is CCCCCCN(CCCCCC)c1sc(/C=C2/C(=O)N(CCOC(C)=O)C(=O)C(C#N)=C2C)cc1Br. The van der Waals surface area contributed by atoms with E-state index in [0.717, 1.165) is 45.2 Å². The van der Waals surface area contributed by atoms with Gasteiger partial charge in [0.2, 0.25) is 0 Å². The van der Waals surface area contributed by atoms with Gasteiger partial charge in [-0.15, -0.1) is 11.3 Å². The van der Waals surface area contributed by atoms with Crippen molar-refractivity contribution in [2.45, 2.75) is 79.1 Å². The highest BCUT2D eigenvalue weighted by Crippen LogP contribution is 2.38. The topological polar surface area (TPSA) is 90.7 Å². The number of carbonyl (C=O) groups is 3. The molecule has 1 aliphatic heterocycles. The lowest BCUT2D eigenvalue weighted by Crippen LogP contribution is -2.44. The molecule has 37 heavy (non-hydrogen) atoms. The summed E-state index contributed by atoms with van der Waals surface area (Å²) >= 11 is 5.33. The molecule has 1 aliphatic rings. The van der Waals surface area contributed by atoms with Crippen LogP contribution in [0.3, 0.4) is 0 Å². The minimum atomic E-state index is -0.660. The van der Waals surface area contributed by atoms with E-state index in [1.165, 1.54) is 45.4 Å². The monoisotopic (exact) mass is 591 g/mol. The molecule has 0 spiro atoms. The second kappa shape index (κ2) is 15.7. The number of unbranched alkanes of at least 4 members (excludes halogenated alkanes) is 6. The number of anilines is 1. The molecule has 2 heterocycles. The molecule has 0 N–H and O–H groups in total. The molecule has 0 bridgehead atoms. The Hall–Kier alpha value is -2.44. The number of amides is 2. The number of imide groups is 1. The van der Waals surface area contributed by atoms with E-state index in [4.69, 9.17) is 4.74 Å². The lowest BCUT2D eigenvalue weighted by atomic mass is 9.95. The van der Waals surface area contributed by atoms with E-state index in [2.05, 4.69) is 34.7 Å². The van der Waals surface area contributed by atoms with Crippen LogP contribution in [-0.4, -0.2) is 48.9 Å². The van der Waals surface area contributed by atoms with Crippen molar-refractivity contribution in [2.24, 2.45) is 0 Å². The summed E-state index contributed by atoms with van der Waals surface area (Å²) in [5.41, 5.74) is 0.595. The number of hydrogen-bond acceptors (Lipinski definition) is 7. The highest BCUT2D eigenvalue weighted by Gasteiger charge is 2.35. The first kappa shape index (κ1) is 30.8. The van der Waals surface area contributed by atoms with Gasteiger partial charge in [0.15, 0.2) is 0 Å². The summed E-state index contributed by atoms with van der Waals surface area (Å²) in [5.74, 6) is -1.65. The van der Waals surface area contributed by atoms with Gasteiger partial charge in [-0.25, -0.2) is 0 Å². The van der Waals surface area contributed by atoms with Gasteiger partial charge in [-0.05, 0) is 53.4 Å². The summed E-state index contributed by atoms with van der Waals surface area (Å²) in [6, 6.07) is 3.93. The van der Waals surface area contributed by atoms with Gasteiger partial charge >= 0.3 is 5.97 Å². The first-order chi connectivity index (χ1) is 17.7. The van der Waals surface area contributed by atoms with E-state index < -0.39 is 17.8 Å². The van der Waals surface area contributed by atoms with Crippen molar-refractivity contribution in [3.05, 3.63) is 32.1 Å². The molecule has 2 amide bonds. The lowest BCUT2D eigenvalue weighted by Gasteiger charge is -2.27. The van der Waals surface area contributed by atoms with E-state index in [9.17, 15) is 19.6 Å². The zero-order valence-electron chi connectivity index (χ0n) is 22.4. The fourth-order valence-electron chi connectivity index (χ4n) is 4.19. The van der Waals surface area contributed by atoms with Crippen LogP contribution >= 0.6 is 27.3 Å². The van der Waals surface area contributed by atoms with Crippen molar-refractivity contribution in [3.63, 3.8) is 0 Å². The Balaban J connectivity index is 2.34. The van der Waals surface area contributed by atoms with Gasteiger partial charge in [-0.1, -0.05) is 52.4 Å². The summed E-state index contributed by atoms with van der Waals surface area (Å²) in [6.45, 7) is 9.06. The average molecular weight is 593 g/mol. The predicted molar refractivity (Wildman–Crippen MR) is 152 cm³/mol. The van der Waals surface area contributed by atoms with Crippen molar-refractivity contribution in [1.29, 1.82) is 5.26 Å². The molecular formula is C28H38BrN3O4S. The molecule has 7 nitrogen and oxygen atoms in total. The average Bonchev–Trinajstić information content (AvgIpc) is 3.23. The summed E-state index contributed by atoms with van der Waals surface area (Å²) in [4.78, 5) is 41.4.